The molecule has 0 atom stereocenters. The maximum absolute atomic E-state index is 5.37. The van der Waals surface area contributed by atoms with Crippen molar-refractivity contribution in [2.45, 2.75) is 59.4 Å². The van der Waals surface area contributed by atoms with Crippen molar-refractivity contribution >= 4 is 11.5 Å². The van der Waals surface area contributed by atoms with Crippen molar-refractivity contribution in [1.29, 1.82) is 0 Å². The lowest BCUT2D eigenvalue weighted by atomic mass is 10.0. The molecule has 1 aromatic carbocycles. The summed E-state index contributed by atoms with van der Waals surface area (Å²) in [6.45, 7) is 10.7. The number of nitrogens with zero attached hydrogens (tertiary/aromatic N) is 3. The third-order valence-corrected chi connectivity index (χ3v) is 5.16. The van der Waals surface area contributed by atoms with Crippen LogP contribution in [0, 0.1) is 13.8 Å². The van der Waals surface area contributed by atoms with Crippen LogP contribution in [0.4, 0.5) is 5.82 Å². The number of hydrogen-bond acceptors (Lipinski definition) is 4. The van der Waals surface area contributed by atoms with Crippen LogP contribution in [0.25, 0.3) is 16.8 Å². The summed E-state index contributed by atoms with van der Waals surface area (Å²) in [5.41, 5.74) is 7.86. The molecule has 142 valence electrons. The van der Waals surface area contributed by atoms with Crippen molar-refractivity contribution in [3.63, 3.8) is 0 Å². The van der Waals surface area contributed by atoms with Gasteiger partial charge in [-0.3, -0.25) is 0 Å². The molecule has 2 heterocycles. The predicted octanol–water partition coefficient (Wildman–Crippen LogP) is 4.72. The Kier molecular flexibility index (Phi) is 4.13. The molecule has 2 aromatic heterocycles. The Morgan fingerprint density at radius 3 is 2.59 bits per heavy atom. The van der Waals surface area contributed by atoms with Crippen molar-refractivity contribution in [1.82, 2.24) is 14.6 Å². The Hall–Kier alpha value is -2.56. The standard InChI is InChI=1S/C22H28N4O/c1-13-12-15(27-6)10-11-16(13)19-14(2)25-26-20(24-22(3,4)5)17-8-7-9-18(17)23-21(19)26/h10-12,24H,7-9H2,1-6H3. The van der Waals surface area contributed by atoms with E-state index in [1.54, 1.807) is 7.11 Å². The lowest BCUT2D eigenvalue weighted by Crippen LogP contribution is -2.28. The zero-order valence-corrected chi connectivity index (χ0v) is 17.1. The SMILES string of the molecule is COc1ccc(-c2c(C)nn3c(NC(C)(C)C)c4c(nc23)CCC4)c(C)c1. The first-order chi connectivity index (χ1) is 12.8. The number of rotatable bonds is 3. The van der Waals surface area contributed by atoms with Gasteiger partial charge in [-0.2, -0.15) is 9.61 Å². The van der Waals surface area contributed by atoms with E-state index in [0.29, 0.717) is 0 Å². The maximum Gasteiger partial charge on any atom is 0.165 e. The molecule has 5 heteroatoms. The summed E-state index contributed by atoms with van der Waals surface area (Å²) in [6.07, 6.45) is 3.26. The molecule has 0 saturated heterocycles. The molecule has 0 amide bonds. The van der Waals surface area contributed by atoms with Crippen molar-refractivity contribution in [3.05, 3.63) is 40.7 Å². The molecule has 0 saturated carbocycles. The molecule has 0 bridgehead atoms. The maximum atomic E-state index is 5.37. The molecular formula is C22H28N4O. The molecule has 0 radical (unpaired) electrons. The highest BCUT2D eigenvalue weighted by molar-refractivity contribution is 5.83. The monoisotopic (exact) mass is 364 g/mol. The van der Waals surface area contributed by atoms with Crippen LogP contribution in [0.15, 0.2) is 18.2 Å². The van der Waals surface area contributed by atoms with Gasteiger partial charge in [0.05, 0.1) is 12.8 Å². The van der Waals surface area contributed by atoms with Crippen molar-refractivity contribution in [2.75, 3.05) is 12.4 Å². The van der Waals surface area contributed by atoms with E-state index >= 15 is 0 Å². The van der Waals surface area contributed by atoms with E-state index in [-0.39, 0.29) is 5.54 Å². The number of aryl methyl sites for hydroxylation is 3. The van der Waals surface area contributed by atoms with Gasteiger partial charge in [0, 0.05) is 22.4 Å². The summed E-state index contributed by atoms with van der Waals surface area (Å²) in [4.78, 5) is 5.06. The molecule has 5 nitrogen and oxygen atoms in total. The van der Waals surface area contributed by atoms with Gasteiger partial charge in [-0.15, -0.1) is 0 Å². The third kappa shape index (κ3) is 3.05. The third-order valence-electron chi connectivity index (χ3n) is 5.16. The molecule has 3 aromatic rings. The lowest BCUT2D eigenvalue weighted by molar-refractivity contribution is 0.414. The zero-order valence-electron chi connectivity index (χ0n) is 17.1. The average molecular weight is 364 g/mol. The number of aromatic nitrogens is 3. The van der Waals surface area contributed by atoms with Crippen LogP contribution < -0.4 is 10.1 Å². The van der Waals surface area contributed by atoms with E-state index in [4.69, 9.17) is 14.8 Å². The van der Waals surface area contributed by atoms with Gasteiger partial charge < -0.3 is 10.1 Å². The number of methoxy groups -OCH3 is 1. The fourth-order valence-electron chi connectivity index (χ4n) is 3.98. The van der Waals surface area contributed by atoms with Crippen LogP contribution >= 0.6 is 0 Å². The van der Waals surface area contributed by atoms with E-state index in [1.807, 2.05) is 10.6 Å². The quantitative estimate of drug-likeness (QED) is 0.730. The van der Waals surface area contributed by atoms with Gasteiger partial charge in [0.2, 0.25) is 0 Å². The molecule has 4 rings (SSSR count). The summed E-state index contributed by atoms with van der Waals surface area (Å²) in [5, 5.41) is 8.59. The minimum Gasteiger partial charge on any atom is -0.497 e. The molecule has 0 aliphatic heterocycles. The van der Waals surface area contributed by atoms with Crippen LogP contribution in [0.2, 0.25) is 0 Å². The smallest absolute Gasteiger partial charge is 0.165 e. The second-order valence-electron chi connectivity index (χ2n) is 8.49. The topological polar surface area (TPSA) is 51.5 Å². The largest absolute Gasteiger partial charge is 0.497 e. The van der Waals surface area contributed by atoms with Gasteiger partial charge in [0.25, 0.3) is 0 Å². The summed E-state index contributed by atoms with van der Waals surface area (Å²) in [7, 11) is 1.70. The Balaban J connectivity index is 1.99. The second kappa shape index (κ2) is 6.25. The van der Waals surface area contributed by atoms with E-state index in [9.17, 15) is 0 Å². The van der Waals surface area contributed by atoms with Gasteiger partial charge in [-0.25, -0.2) is 4.98 Å². The van der Waals surface area contributed by atoms with Crippen LogP contribution in [0.5, 0.6) is 5.75 Å². The lowest BCUT2D eigenvalue weighted by Gasteiger charge is -2.24. The molecule has 1 aliphatic rings. The van der Waals surface area contributed by atoms with Crippen LogP contribution in [-0.4, -0.2) is 27.2 Å². The fourth-order valence-corrected chi connectivity index (χ4v) is 3.98. The van der Waals surface area contributed by atoms with E-state index in [2.05, 4.69) is 52.1 Å². The first kappa shape index (κ1) is 17.8. The first-order valence-corrected chi connectivity index (χ1v) is 9.63. The van der Waals surface area contributed by atoms with Gasteiger partial charge in [-0.1, -0.05) is 6.07 Å². The molecule has 27 heavy (non-hydrogen) atoms. The number of anilines is 1. The zero-order chi connectivity index (χ0) is 19.3. The van der Waals surface area contributed by atoms with Crippen molar-refractivity contribution in [2.24, 2.45) is 0 Å². The van der Waals surface area contributed by atoms with E-state index < -0.39 is 0 Å². The van der Waals surface area contributed by atoms with Gasteiger partial charge in [0.15, 0.2) is 5.65 Å². The van der Waals surface area contributed by atoms with Crippen LogP contribution in [0.1, 0.15) is 49.7 Å². The number of ether oxygens (including phenoxy) is 1. The Labute approximate surface area is 160 Å². The minimum atomic E-state index is -0.0410. The molecule has 0 unspecified atom stereocenters. The van der Waals surface area contributed by atoms with Gasteiger partial charge in [-0.05, 0) is 77.1 Å². The summed E-state index contributed by atoms with van der Waals surface area (Å²) in [6, 6.07) is 6.19. The molecule has 1 N–H and O–H groups in total. The van der Waals surface area contributed by atoms with Crippen LogP contribution in [0.3, 0.4) is 0 Å². The number of benzene rings is 1. The second-order valence-corrected chi connectivity index (χ2v) is 8.49. The summed E-state index contributed by atoms with van der Waals surface area (Å²) >= 11 is 0. The highest BCUT2D eigenvalue weighted by atomic mass is 16.5. The molecule has 1 aliphatic carbocycles. The summed E-state index contributed by atoms with van der Waals surface area (Å²) in [5.74, 6) is 1.97. The highest BCUT2D eigenvalue weighted by Crippen LogP contribution is 2.37. The van der Waals surface area contributed by atoms with Crippen molar-refractivity contribution < 1.29 is 4.74 Å². The number of fused-ring (bicyclic) bond motifs is 2. The minimum absolute atomic E-state index is 0.0410. The molecular weight excluding hydrogens is 336 g/mol. The number of hydrogen-bond donors (Lipinski definition) is 1. The molecule has 0 fully saturated rings. The van der Waals surface area contributed by atoms with Crippen molar-refractivity contribution in [3.8, 4) is 16.9 Å². The highest BCUT2D eigenvalue weighted by Gasteiger charge is 2.26. The Morgan fingerprint density at radius 1 is 1.15 bits per heavy atom. The van der Waals surface area contributed by atoms with Gasteiger partial charge >= 0.3 is 0 Å². The van der Waals surface area contributed by atoms with Gasteiger partial charge in [0.1, 0.15) is 11.6 Å². The first-order valence-electron chi connectivity index (χ1n) is 9.63. The Morgan fingerprint density at radius 2 is 1.93 bits per heavy atom. The molecule has 0 spiro atoms. The van der Waals surface area contributed by atoms with E-state index in [1.165, 1.54) is 16.8 Å². The predicted molar refractivity (Wildman–Crippen MR) is 110 cm³/mol. The summed E-state index contributed by atoms with van der Waals surface area (Å²) < 4.78 is 7.39. The fraction of sp³-hybridized carbons (Fsp3) is 0.455. The van der Waals surface area contributed by atoms with Crippen LogP contribution in [-0.2, 0) is 12.8 Å². The Bertz CT molecular complexity index is 1030. The number of nitrogens with one attached hydrogen (secondary N) is 1. The average Bonchev–Trinajstić information content (AvgIpc) is 3.18. The normalized spacial score (nSPS) is 13.9. The van der Waals surface area contributed by atoms with E-state index in [0.717, 1.165) is 53.3 Å².